The van der Waals surface area contributed by atoms with Crippen molar-refractivity contribution in [2.75, 3.05) is 30.0 Å². The molecular weight excluding hydrogens is 324 g/mol. The zero-order valence-electron chi connectivity index (χ0n) is 13.5. The molecule has 5 nitrogen and oxygen atoms in total. The van der Waals surface area contributed by atoms with Crippen molar-refractivity contribution in [1.82, 2.24) is 5.32 Å². The van der Waals surface area contributed by atoms with Gasteiger partial charge < -0.3 is 20.1 Å². The van der Waals surface area contributed by atoms with Gasteiger partial charge in [0.15, 0.2) is 0 Å². The lowest BCUT2D eigenvalue weighted by molar-refractivity contribution is -0.0682. The van der Waals surface area contributed by atoms with Gasteiger partial charge in [-0.05, 0) is 37.1 Å². The van der Waals surface area contributed by atoms with Gasteiger partial charge in [0.25, 0.3) is 0 Å². The van der Waals surface area contributed by atoms with Crippen molar-refractivity contribution in [3.05, 3.63) is 24.3 Å². The van der Waals surface area contributed by atoms with Gasteiger partial charge in [-0.3, -0.25) is 0 Å². The maximum absolute atomic E-state index is 12.3. The fourth-order valence-electron chi connectivity index (χ4n) is 3.17. The molecule has 1 aromatic rings. The van der Waals surface area contributed by atoms with E-state index in [1.165, 1.54) is 0 Å². The Balaban J connectivity index is 1.57. The number of hydrogen-bond acceptors (Lipinski definition) is 4. The van der Waals surface area contributed by atoms with Gasteiger partial charge >= 0.3 is 6.03 Å². The van der Waals surface area contributed by atoms with Crippen molar-refractivity contribution >= 4 is 23.5 Å². The van der Waals surface area contributed by atoms with E-state index in [0.29, 0.717) is 18.0 Å². The Morgan fingerprint density at radius 3 is 3.17 bits per heavy atom. The molecule has 2 amide bonds. The number of urea groups is 1. The molecule has 0 aromatic heterocycles. The van der Waals surface area contributed by atoms with E-state index in [1.807, 2.05) is 23.9 Å². The molecular formula is C18H22N2O3S. The third kappa shape index (κ3) is 4.16. The second kappa shape index (κ2) is 7.82. The Labute approximate surface area is 146 Å². The minimum Gasteiger partial charge on any atom is -0.479 e. The predicted molar refractivity (Wildman–Crippen MR) is 96.6 cm³/mol. The SMILES string of the molecule is C#CCOc1ccccc1NC(=O)N[C@@H]1CCO[C@]2(CCSC2)C1. The number of amides is 2. The van der Waals surface area contributed by atoms with Gasteiger partial charge in [-0.2, -0.15) is 11.8 Å². The van der Waals surface area contributed by atoms with Crippen LogP contribution in [0, 0.1) is 12.3 Å². The molecule has 0 unspecified atom stereocenters. The summed E-state index contributed by atoms with van der Waals surface area (Å²) in [6.45, 7) is 0.869. The molecule has 24 heavy (non-hydrogen) atoms. The summed E-state index contributed by atoms with van der Waals surface area (Å²) in [5.74, 6) is 5.16. The summed E-state index contributed by atoms with van der Waals surface area (Å²) in [5.41, 5.74) is 0.567. The second-order valence-electron chi connectivity index (χ2n) is 6.11. The van der Waals surface area contributed by atoms with Crippen molar-refractivity contribution in [3.8, 4) is 18.1 Å². The third-order valence-electron chi connectivity index (χ3n) is 4.34. The monoisotopic (exact) mass is 346 g/mol. The number of rotatable bonds is 4. The highest BCUT2D eigenvalue weighted by Crippen LogP contribution is 2.38. The number of terminal acetylenes is 1. The quantitative estimate of drug-likeness (QED) is 0.823. The molecule has 0 bridgehead atoms. The number of thioether (sulfide) groups is 1. The maximum atomic E-state index is 12.3. The highest BCUT2D eigenvalue weighted by Gasteiger charge is 2.40. The Kier molecular flexibility index (Phi) is 5.54. The second-order valence-corrected chi connectivity index (χ2v) is 7.22. The number of carbonyl (C=O) groups is 1. The van der Waals surface area contributed by atoms with E-state index in [9.17, 15) is 4.79 Å². The molecule has 3 rings (SSSR count). The van der Waals surface area contributed by atoms with Crippen LogP contribution in [0.25, 0.3) is 0 Å². The molecule has 2 aliphatic heterocycles. The van der Waals surface area contributed by atoms with Gasteiger partial charge in [-0.15, -0.1) is 6.42 Å². The van der Waals surface area contributed by atoms with Crippen LogP contribution in [0.3, 0.4) is 0 Å². The number of carbonyl (C=O) groups excluding carboxylic acids is 1. The summed E-state index contributed by atoms with van der Waals surface area (Å²) in [4.78, 5) is 12.3. The lowest BCUT2D eigenvalue weighted by Gasteiger charge is -2.38. The standard InChI is InChI=1S/C18H22N2O3S/c1-2-9-22-16-6-4-3-5-15(16)20-17(21)19-14-7-10-23-18(12-14)8-11-24-13-18/h1,3-6,14H,7-13H2,(H2,19,20,21)/t14-,18-/m1/s1. The lowest BCUT2D eigenvalue weighted by Crippen LogP contribution is -2.49. The average Bonchev–Trinajstić information content (AvgIpc) is 3.01. The molecule has 0 aliphatic carbocycles. The van der Waals surface area contributed by atoms with Crippen LogP contribution in [0.5, 0.6) is 5.75 Å². The minimum absolute atomic E-state index is 0.0469. The third-order valence-corrected chi connectivity index (χ3v) is 5.56. The fraction of sp³-hybridized carbons (Fsp3) is 0.500. The van der Waals surface area contributed by atoms with Crippen molar-refractivity contribution in [1.29, 1.82) is 0 Å². The molecule has 0 radical (unpaired) electrons. The van der Waals surface area contributed by atoms with Crippen LogP contribution in [0.1, 0.15) is 19.3 Å². The highest BCUT2D eigenvalue weighted by molar-refractivity contribution is 7.99. The molecule has 2 aliphatic rings. The van der Waals surface area contributed by atoms with Gasteiger partial charge in [-0.25, -0.2) is 4.79 Å². The maximum Gasteiger partial charge on any atom is 0.319 e. The normalized spacial score (nSPS) is 25.9. The van der Waals surface area contributed by atoms with Crippen molar-refractivity contribution in [3.63, 3.8) is 0 Å². The molecule has 1 aromatic carbocycles. The van der Waals surface area contributed by atoms with Crippen LogP contribution in [0.2, 0.25) is 0 Å². The van der Waals surface area contributed by atoms with Gasteiger partial charge in [0.1, 0.15) is 12.4 Å². The van der Waals surface area contributed by atoms with Crippen LogP contribution in [0.4, 0.5) is 10.5 Å². The first-order chi connectivity index (χ1) is 11.7. The van der Waals surface area contributed by atoms with E-state index in [1.54, 1.807) is 12.1 Å². The first-order valence-electron chi connectivity index (χ1n) is 8.15. The number of anilines is 1. The van der Waals surface area contributed by atoms with E-state index in [0.717, 1.165) is 30.8 Å². The lowest BCUT2D eigenvalue weighted by atomic mass is 9.90. The zero-order valence-corrected chi connectivity index (χ0v) is 14.4. The molecule has 128 valence electrons. The topological polar surface area (TPSA) is 59.6 Å². The van der Waals surface area contributed by atoms with E-state index in [4.69, 9.17) is 15.9 Å². The first-order valence-corrected chi connectivity index (χ1v) is 9.31. The number of ether oxygens (including phenoxy) is 2. The molecule has 2 saturated heterocycles. The largest absolute Gasteiger partial charge is 0.479 e. The first kappa shape index (κ1) is 17.0. The fourth-order valence-corrected chi connectivity index (χ4v) is 4.55. The molecule has 6 heteroatoms. The van der Waals surface area contributed by atoms with Crippen LogP contribution in [-0.4, -0.2) is 42.4 Å². The number of para-hydroxylation sites is 2. The van der Waals surface area contributed by atoms with Crippen LogP contribution < -0.4 is 15.4 Å². The summed E-state index contributed by atoms with van der Waals surface area (Å²) in [6.07, 6.45) is 8.01. The van der Waals surface area contributed by atoms with E-state index < -0.39 is 0 Å². The van der Waals surface area contributed by atoms with E-state index in [-0.39, 0.29) is 24.3 Å². The van der Waals surface area contributed by atoms with E-state index >= 15 is 0 Å². The average molecular weight is 346 g/mol. The Bertz CT molecular complexity index is 623. The van der Waals surface area contributed by atoms with Crippen LogP contribution in [-0.2, 0) is 4.74 Å². The Morgan fingerprint density at radius 2 is 2.38 bits per heavy atom. The van der Waals surface area contributed by atoms with Crippen LogP contribution >= 0.6 is 11.8 Å². The van der Waals surface area contributed by atoms with Crippen molar-refractivity contribution in [2.24, 2.45) is 0 Å². The van der Waals surface area contributed by atoms with E-state index in [2.05, 4.69) is 16.6 Å². The smallest absolute Gasteiger partial charge is 0.319 e. The van der Waals surface area contributed by atoms with Gasteiger partial charge in [0.05, 0.1) is 11.3 Å². The van der Waals surface area contributed by atoms with Gasteiger partial charge in [-0.1, -0.05) is 18.1 Å². The van der Waals surface area contributed by atoms with Gasteiger partial charge in [0, 0.05) is 18.4 Å². The summed E-state index contributed by atoms with van der Waals surface area (Å²) in [7, 11) is 0. The molecule has 2 fully saturated rings. The van der Waals surface area contributed by atoms with Crippen molar-refractivity contribution in [2.45, 2.75) is 30.9 Å². The number of nitrogens with one attached hydrogen (secondary N) is 2. The predicted octanol–water partition coefficient (Wildman–Crippen LogP) is 2.87. The summed E-state index contributed by atoms with van der Waals surface area (Å²) in [5, 5.41) is 5.92. The molecule has 1 spiro atoms. The highest BCUT2D eigenvalue weighted by atomic mass is 32.2. The van der Waals surface area contributed by atoms with Crippen molar-refractivity contribution < 1.29 is 14.3 Å². The van der Waals surface area contributed by atoms with Gasteiger partial charge in [0.2, 0.25) is 0 Å². The number of benzene rings is 1. The molecule has 2 heterocycles. The van der Waals surface area contributed by atoms with Crippen LogP contribution in [0.15, 0.2) is 24.3 Å². The molecule has 2 N–H and O–H groups in total. The summed E-state index contributed by atoms with van der Waals surface area (Å²) >= 11 is 1.93. The summed E-state index contributed by atoms with van der Waals surface area (Å²) < 4.78 is 11.4. The Morgan fingerprint density at radius 1 is 1.50 bits per heavy atom. The molecule has 0 saturated carbocycles. The number of hydrogen-bond donors (Lipinski definition) is 2. The Hall–Kier alpha value is -1.84. The minimum atomic E-state index is -0.223. The molecule has 2 atom stereocenters. The summed E-state index contributed by atoms with van der Waals surface area (Å²) in [6, 6.07) is 7.18. The zero-order chi connectivity index (χ0) is 16.8.